The summed E-state index contributed by atoms with van der Waals surface area (Å²) in [6.07, 6.45) is -4.60. The molecule has 2 amide bonds. The number of hydrogen-bond donors (Lipinski definition) is 3. The molecule has 2 aromatic carbocycles. The lowest BCUT2D eigenvalue weighted by molar-refractivity contribution is -0.137. The maximum absolute atomic E-state index is 13.1. The summed E-state index contributed by atoms with van der Waals surface area (Å²) in [6.45, 7) is 4.26. The number of carbonyl (C=O) groups is 2. The van der Waals surface area contributed by atoms with Crippen LogP contribution in [0.2, 0.25) is 0 Å². The van der Waals surface area contributed by atoms with Crippen molar-refractivity contribution in [3.63, 3.8) is 0 Å². The molecule has 7 nitrogen and oxygen atoms in total. The quantitative estimate of drug-likeness (QED) is 0.401. The largest absolute Gasteiger partial charge is 0.466 e. The molecule has 0 bridgehead atoms. The van der Waals surface area contributed by atoms with Crippen LogP contribution >= 0.6 is 12.2 Å². The summed E-state index contributed by atoms with van der Waals surface area (Å²) in [5.74, 6) is -0.499. The molecule has 0 fully saturated rings. The molecule has 11 heteroatoms. The van der Waals surface area contributed by atoms with Crippen LogP contribution in [0.3, 0.4) is 0 Å². The highest BCUT2D eigenvalue weighted by Gasteiger charge is 2.35. The van der Waals surface area contributed by atoms with Crippen LogP contribution in [0, 0.1) is 0 Å². The fraction of sp³-hybridized carbons (Fsp3) is 0.261. The van der Waals surface area contributed by atoms with Crippen LogP contribution in [0.4, 0.5) is 29.3 Å². The number of ether oxygens (including phenoxy) is 1. The van der Waals surface area contributed by atoms with Gasteiger partial charge in [-0.15, -0.1) is 0 Å². The van der Waals surface area contributed by atoms with Gasteiger partial charge in [-0.3, -0.25) is 0 Å². The smallest absolute Gasteiger partial charge is 0.418 e. The molecule has 1 aliphatic heterocycles. The van der Waals surface area contributed by atoms with Crippen LogP contribution in [-0.4, -0.2) is 35.7 Å². The van der Waals surface area contributed by atoms with E-state index in [4.69, 9.17) is 17.0 Å². The Labute approximate surface area is 200 Å². The Morgan fingerprint density at radius 3 is 2.35 bits per heavy atom. The second kappa shape index (κ2) is 10.1. The van der Waals surface area contributed by atoms with Crippen molar-refractivity contribution in [3.05, 3.63) is 70.9 Å². The monoisotopic (exact) mass is 492 g/mol. The summed E-state index contributed by atoms with van der Waals surface area (Å²) >= 11 is 5.42. The van der Waals surface area contributed by atoms with E-state index in [1.807, 2.05) is 6.92 Å². The molecule has 1 heterocycles. The Hall–Kier alpha value is -3.60. The van der Waals surface area contributed by atoms with Gasteiger partial charge in [-0.2, -0.15) is 13.2 Å². The maximum atomic E-state index is 13.1. The highest BCUT2D eigenvalue weighted by molar-refractivity contribution is 7.80. The van der Waals surface area contributed by atoms with E-state index in [2.05, 4.69) is 16.0 Å². The molecular formula is C23H23F3N4O3S. The number of thiocarbonyl (C=S) groups is 1. The summed E-state index contributed by atoms with van der Waals surface area (Å²) in [5, 5.41) is 8.32. The van der Waals surface area contributed by atoms with Gasteiger partial charge in [0.15, 0.2) is 5.11 Å². The number of rotatable bonds is 5. The van der Waals surface area contributed by atoms with E-state index in [0.717, 1.165) is 6.07 Å². The summed E-state index contributed by atoms with van der Waals surface area (Å²) in [6, 6.07) is 9.82. The van der Waals surface area contributed by atoms with Crippen molar-refractivity contribution in [2.75, 3.05) is 24.3 Å². The number of para-hydroxylation sites is 1. The third-order valence-electron chi connectivity index (χ3n) is 5.30. The normalized spacial score (nSPS) is 16.1. The minimum absolute atomic E-state index is 0.347. The number of alkyl halides is 3. The van der Waals surface area contributed by atoms with Gasteiger partial charge in [0.1, 0.15) is 0 Å². The van der Waals surface area contributed by atoms with Gasteiger partial charge in [0.05, 0.1) is 30.0 Å². The number of hydrogen-bond acceptors (Lipinski definition) is 4. The number of esters is 1. The number of carbonyl (C=O) groups excluding carboxylic acids is 2. The third-order valence-corrected chi connectivity index (χ3v) is 5.64. The van der Waals surface area contributed by atoms with E-state index in [1.54, 1.807) is 36.1 Å². The zero-order chi connectivity index (χ0) is 25.0. The Morgan fingerprint density at radius 1 is 1.12 bits per heavy atom. The number of methoxy groups -OCH3 is 1. The third kappa shape index (κ3) is 5.30. The molecule has 1 unspecified atom stereocenters. The molecule has 0 saturated heterocycles. The van der Waals surface area contributed by atoms with E-state index in [9.17, 15) is 22.8 Å². The molecule has 2 aromatic rings. The van der Waals surface area contributed by atoms with Gasteiger partial charge in [0.25, 0.3) is 0 Å². The molecule has 1 aliphatic rings. The number of nitrogens with zero attached hydrogens (tertiary/aromatic N) is 1. The van der Waals surface area contributed by atoms with Crippen molar-refractivity contribution in [1.82, 2.24) is 10.2 Å². The van der Waals surface area contributed by atoms with Gasteiger partial charge in [-0.1, -0.05) is 24.3 Å². The van der Waals surface area contributed by atoms with Gasteiger partial charge in [-0.25, -0.2) is 9.59 Å². The second-order valence-electron chi connectivity index (χ2n) is 7.36. The highest BCUT2D eigenvalue weighted by atomic mass is 32.1. The van der Waals surface area contributed by atoms with Gasteiger partial charge >= 0.3 is 18.2 Å². The number of amides is 2. The first-order valence-corrected chi connectivity index (χ1v) is 10.7. The molecule has 3 N–H and O–H groups in total. The number of benzene rings is 2. The van der Waals surface area contributed by atoms with Gasteiger partial charge in [-0.05, 0) is 55.9 Å². The lowest BCUT2D eigenvalue weighted by Gasteiger charge is -2.36. The molecule has 0 spiro atoms. The van der Waals surface area contributed by atoms with Crippen LogP contribution in [0.5, 0.6) is 0 Å². The van der Waals surface area contributed by atoms with Crippen LogP contribution in [0.15, 0.2) is 59.8 Å². The average molecular weight is 493 g/mol. The van der Waals surface area contributed by atoms with Gasteiger partial charge < -0.3 is 25.6 Å². The summed E-state index contributed by atoms with van der Waals surface area (Å²) in [5.41, 5.74) is 0.810. The zero-order valence-electron chi connectivity index (χ0n) is 18.6. The van der Waals surface area contributed by atoms with Crippen LogP contribution in [0.1, 0.15) is 31.0 Å². The maximum Gasteiger partial charge on any atom is 0.418 e. The SMILES string of the molecule is CCN1C(=S)NC(c2ccc(NC(=O)Nc3ccccc3C(F)(F)F)cc2)C(C(=O)OC)=C1C. The predicted octanol–water partition coefficient (Wildman–Crippen LogP) is 5.05. The van der Waals surface area contributed by atoms with Crippen molar-refractivity contribution in [2.24, 2.45) is 0 Å². The lowest BCUT2D eigenvalue weighted by Crippen LogP contribution is -2.47. The van der Waals surface area contributed by atoms with Crippen molar-refractivity contribution in [2.45, 2.75) is 26.1 Å². The minimum Gasteiger partial charge on any atom is -0.466 e. The highest BCUT2D eigenvalue weighted by Crippen LogP contribution is 2.35. The first-order chi connectivity index (χ1) is 16.1. The first-order valence-electron chi connectivity index (χ1n) is 10.3. The lowest BCUT2D eigenvalue weighted by atomic mass is 9.95. The fourth-order valence-corrected chi connectivity index (χ4v) is 4.05. The first kappa shape index (κ1) is 25.0. The van der Waals surface area contributed by atoms with E-state index in [1.165, 1.54) is 25.3 Å². The van der Waals surface area contributed by atoms with E-state index in [0.29, 0.717) is 34.2 Å². The zero-order valence-corrected chi connectivity index (χ0v) is 19.4. The molecular weight excluding hydrogens is 469 g/mol. The van der Waals surface area contributed by atoms with E-state index < -0.39 is 29.8 Å². The Balaban J connectivity index is 1.79. The van der Waals surface area contributed by atoms with Crippen molar-refractivity contribution in [3.8, 4) is 0 Å². The van der Waals surface area contributed by atoms with Gasteiger partial charge in [0, 0.05) is 17.9 Å². The summed E-state index contributed by atoms with van der Waals surface area (Å²) in [7, 11) is 1.30. The average Bonchev–Trinajstić information content (AvgIpc) is 2.78. The Morgan fingerprint density at radius 2 is 1.76 bits per heavy atom. The van der Waals surface area contributed by atoms with Crippen molar-refractivity contribution < 1.29 is 27.5 Å². The molecule has 0 radical (unpaired) electrons. The number of anilines is 2. The molecule has 3 rings (SSSR count). The Bertz CT molecular complexity index is 1130. The predicted molar refractivity (Wildman–Crippen MR) is 126 cm³/mol. The number of allylic oxidation sites excluding steroid dienone is 1. The topological polar surface area (TPSA) is 82.7 Å². The molecule has 0 aromatic heterocycles. The molecule has 0 saturated carbocycles. The number of halogens is 3. The molecule has 0 aliphatic carbocycles. The van der Waals surface area contributed by atoms with E-state index >= 15 is 0 Å². The second-order valence-corrected chi connectivity index (χ2v) is 7.75. The summed E-state index contributed by atoms with van der Waals surface area (Å²) < 4.78 is 44.4. The van der Waals surface area contributed by atoms with Crippen LogP contribution in [0.25, 0.3) is 0 Å². The number of nitrogens with one attached hydrogen (secondary N) is 3. The van der Waals surface area contributed by atoms with Crippen molar-refractivity contribution >= 4 is 40.7 Å². The molecule has 180 valence electrons. The molecule has 1 atom stereocenters. The fourth-order valence-electron chi connectivity index (χ4n) is 3.67. The standard InChI is InChI=1S/C23H23F3N4O3S/c1-4-30-13(2)18(20(31)33-3)19(29-22(30)34)14-9-11-15(12-10-14)27-21(32)28-17-8-6-5-7-16(17)23(24,25)26/h5-12,19H,4H2,1-3H3,(H,29,34)(H2,27,28,32). The van der Waals surface area contributed by atoms with Crippen LogP contribution < -0.4 is 16.0 Å². The van der Waals surface area contributed by atoms with E-state index in [-0.39, 0.29) is 5.69 Å². The minimum atomic E-state index is -4.60. The van der Waals surface area contributed by atoms with Crippen molar-refractivity contribution in [1.29, 1.82) is 0 Å². The summed E-state index contributed by atoms with van der Waals surface area (Å²) in [4.78, 5) is 26.6. The Kier molecular flexibility index (Phi) is 7.45. The van der Waals surface area contributed by atoms with Gasteiger partial charge in [0.2, 0.25) is 0 Å². The van der Waals surface area contributed by atoms with Crippen LogP contribution in [-0.2, 0) is 15.7 Å². The number of urea groups is 1. The molecule has 34 heavy (non-hydrogen) atoms.